The highest BCUT2D eigenvalue weighted by atomic mass is 32.2. The normalized spacial score (nSPS) is 13.9. The van der Waals surface area contributed by atoms with Crippen LogP contribution in [0.5, 0.6) is 0 Å². The van der Waals surface area contributed by atoms with Crippen molar-refractivity contribution in [1.29, 1.82) is 5.26 Å². The third-order valence-electron chi connectivity index (χ3n) is 4.88. The Labute approximate surface area is 165 Å². The first-order valence-electron chi connectivity index (χ1n) is 9.63. The first-order valence-corrected chi connectivity index (χ1v) is 10.5. The van der Waals surface area contributed by atoms with Gasteiger partial charge < -0.3 is 4.90 Å². The van der Waals surface area contributed by atoms with E-state index in [2.05, 4.69) is 19.1 Å². The number of amides is 1. The van der Waals surface area contributed by atoms with Gasteiger partial charge in [-0.3, -0.25) is 4.79 Å². The van der Waals surface area contributed by atoms with E-state index in [4.69, 9.17) is 4.98 Å². The van der Waals surface area contributed by atoms with Gasteiger partial charge in [0.2, 0.25) is 5.91 Å². The molecule has 4 nitrogen and oxygen atoms in total. The van der Waals surface area contributed by atoms with Crippen molar-refractivity contribution in [3.63, 3.8) is 0 Å². The molecule has 0 spiro atoms. The molecule has 27 heavy (non-hydrogen) atoms. The molecule has 1 unspecified atom stereocenters. The van der Waals surface area contributed by atoms with Crippen LogP contribution in [0, 0.1) is 11.3 Å². The third-order valence-corrected chi connectivity index (χ3v) is 6.23. The number of rotatable bonds is 7. The SMILES string of the molecule is CCCCc1ccc(C#N)c(SC(CC)C(=O)N2CCc3ccccc32)n1. The molecule has 1 aliphatic rings. The second-order valence-corrected chi connectivity index (χ2v) is 7.95. The van der Waals surface area contributed by atoms with Gasteiger partial charge in [0, 0.05) is 17.9 Å². The molecular formula is C22H25N3OS. The molecule has 2 aromatic rings. The first-order chi connectivity index (χ1) is 13.2. The van der Waals surface area contributed by atoms with Gasteiger partial charge in [-0.15, -0.1) is 0 Å². The fourth-order valence-corrected chi connectivity index (χ4v) is 4.41. The second-order valence-electron chi connectivity index (χ2n) is 6.75. The van der Waals surface area contributed by atoms with Gasteiger partial charge in [0.15, 0.2) is 0 Å². The zero-order chi connectivity index (χ0) is 19.2. The summed E-state index contributed by atoms with van der Waals surface area (Å²) < 4.78 is 0. The first kappa shape index (κ1) is 19.4. The molecule has 0 saturated heterocycles. The lowest BCUT2D eigenvalue weighted by molar-refractivity contribution is -0.118. The fraction of sp³-hybridized carbons (Fsp3) is 0.409. The molecule has 5 heteroatoms. The van der Waals surface area contributed by atoms with Crippen molar-refractivity contribution >= 4 is 23.4 Å². The summed E-state index contributed by atoms with van der Waals surface area (Å²) in [5, 5.41) is 9.89. The van der Waals surface area contributed by atoms with E-state index in [-0.39, 0.29) is 11.2 Å². The van der Waals surface area contributed by atoms with E-state index in [0.717, 1.165) is 43.6 Å². The van der Waals surface area contributed by atoms with Crippen molar-refractivity contribution in [2.75, 3.05) is 11.4 Å². The van der Waals surface area contributed by atoms with E-state index < -0.39 is 0 Å². The Morgan fingerprint density at radius 3 is 2.85 bits per heavy atom. The van der Waals surface area contributed by atoms with Gasteiger partial charge in [0.25, 0.3) is 0 Å². The molecule has 0 saturated carbocycles. The Bertz CT molecular complexity index is 859. The molecule has 1 aliphatic heterocycles. The summed E-state index contributed by atoms with van der Waals surface area (Å²) in [5.41, 5.74) is 3.79. The van der Waals surface area contributed by atoms with E-state index in [9.17, 15) is 10.1 Å². The Morgan fingerprint density at radius 2 is 2.11 bits per heavy atom. The molecule has 0 radical (unpaired) electrons. The minimum Gasteiger partial charge on any atom is -0.311 e. The van der Waals surface area contributed by atoms with Crippen LogP contribution in [0.15, 0.2) is 41.4 Å². The summed E-state index contributed by atoms with van der Waals surface area (Å²) in [6.07, 6.45) is 4.68. The van der Waals surface area contributed by atoms with E-state index in [1.807, 2.05) is 42.2 Å². The molecule has 0 bridgehead atoms. The van der Waals surface area contributed by atoms with Gasteiger partial charge in [-0.2, -0.15) is 5.26 Å². The Kier molecular flexibility index (Phi) is 6.52. The highest BCUT2D eigenvalue weighted by molar-refractivity contribution is 8.00. The van der Waals surface area contributed by atoms with Crippen LogP contribution in [-0.4, -0.2) is 22.7 Å². The van der Waals surface area contributed by atoms with Crippen LogP contribution < -0.4 is 4.90 Å². The molecule has 1 atom stereocenters. The number of fused-ring (bicyclic) bond motifs is 1. The average Bonchev–Trinajstić information content (AvgIpc) is 3.14. The minimum absolute atomic E-state index is 0.108. The van der Waals surface area contributed by atoms with Gasteiger partial charge in [-0.1, -0.05) is 50.2 Å². The Balaban J connectivity index is 1.81. The summed E-state index contributed by atoms with van der Waals surface area (Å²) >= 11 is 1.43. The number of aromatic nitrogens is 1. The number of anilines is 1. The van der Waals surface area contributed by atoms with Crippen molar-refractivity contribution in [1.82, 2.24) is 4.98 Å². The molecule has 1 aromatic heterocycles. The molecule has 3 rings (SSSR count). The zero-order valence-electron chi connectivity index (χ0n) is 15.9. The van der Waals surface area contributed by atoms with Gasteiger partial charge in [-0.05, 0) is 49.4 Å². The number of hydrogen-bond acceptors (Lipinski definition) is 4. The van der Waals surface area contributed by atoms with Crippen molar-refractivity contribution in [2.45, 2.75) is 56.2 Å². The van der Waals surface area contributed by atoms with Crippen LogP contribution in [0.2, 0.25) is 0 Å². The monoisotopic (exact) mass is 379 g/mol. The lowest BCUT2D eigenvalue weighted by Crippen LogP contribution is -2.36. The van der Waals surface area contributed by atoms with E-state index in [0.29, 0.717) is 17.0 Å². The quantitative estimate of drug-likeness (QED) is 0.651. The van der Waals surface area contributed by atoms with Crippen molar-refractivity contribution in [3.05, 3.63) is 53.2 Å². The minimum atomic E-state index is -0.239. The number of carbonyl (C=O) groups is 1. The lowest BCUT2D eigenvalue weighted by Gasteiger charge is -2.23. The maximum atomic E-state index is 13.2. The Hall–Kier alpha value is -2.32. The predicted octanol–water partition coefficient (Wildman–Crippen LogP) is 4.76. The van der Waals surface area contributed by atoms with Crippen LogP contribution in [0.1, 0.15) is 49.9 Å². The van der Waals surface area contributed by atoms with E-state index >= 15 is 0 Å². The van der Waals surface area contributed by atoms with Crippen LogP contribution in [0.25, 0.3) is 0 Å². The smallest absolute Gasteiger partial charge is 0.240 e. The summed E-state index contributed by atoms with van der Waals surface area (Å²) in [4.78, 5) is 19.8. The largest absolute Gasteiger partial charge is 0.311 e. The summed E-state index contributed by atoms with van der Waals surface area (Å²) in [5.74, 6) is 0.108. The van der Waals surface area contributed by atoms with Crippen LogP contribution in [0.4, 0.5) is 5.69 Å². The molecule has 0 N–H and O–H groups in total. The van der Waals surface area contributed by atoms with Gasteiger partial charge in [-0.25, -0.2) is 4.98 Å². The van der Waals surface area contributed by atoms with Crippen LogP contribution >= 0.6 is 11.8 Å². The number of nitrogens with zero attached hydrogens (tertiary/aromatic N) is 3. The highest BCUT2D eigenvalue weighted by Gasteiger charge is 2.30. The Morgan fingerprint density at radius 1 is 1.30 bits per heavy atom. The number of unbranched alkanes of at least 4 members (excludes halogenated alkanes) is 1. The number of carbonyl (C=O) groups excluding carboxylic acids is 1. The fourth-order valence-electron chi connectivity index (χ4n) is 3.33. The molecule has 1 aromatic carbocycles. The highest BCUT2D eigenvalue weighted by Crippen LogP contribution is 2.33. The number of nitriles is 1. The predicted molar refractivity (Wildman–Crippen MR) is 110 cm³/mol. The number of aryl methyl sites for hydroxylation is 1. The summed E-state index contributed by atoms with van der Waals surface area (Å²) in [6, 6.07) is 14.1. The van der Waals surface area contributed by atoms with Gasteiger partial charge in [0.1, 0.15) is 11.1 Å². The van der Waals surface area contributed by atoms with Gasteiger partial charge in [0.05, 0.1) is 10.8 Å². The second kappa shape index (κ2) is 9.05. The van der Waals surface area contributed by atoms with E-state index in [1.165, 1.54) is 17.3 Å². The average molecular weight is 380 g/mol. The zero-order valence-corrected chi connectivity index (χ0v) is 16.8. The summed E-state index contributed by atoms with van der Waals surface area (Å²) in [7, 11) is 0. The molecule has 0 aliphatic carbocycles. The van der Waals surface area contributed by atoms with Crippen LogP contribution in [-0.2, 0) is 17.6 Å². The molecule has 2 heterocycles. The number of para-hydroxylation sites is 1. The topological polar surface area (TPSA) is 57.0 Å². The van der Waals surface area contributed by atoms with Crippen molar-refractivity contribution in [3.8, 4) is 6.07 Å². The van der Waals surface area contributed by atoms with Gasteiger partial charge >= 0.3 is 0 Å². The standard InChI is InChI=1S/C22H25N3OS/c1-3-5-9-18-12-11-17(15-23)21(24-18)27-20(4-2)22(26)25-14-13-16-8-6-7-10-19(16)25/h6-8,10-12,20H,3-5,9,13-14H2,1-2H3. The molecule has 1 amide bonds. The van der Waals surface area contributed by atoms with Crippen LogP contribution in [0.3, 0.4) is 0 Å². The van der Waals surface area contributed by atoms with Crippen molar-refractivity contribution in [2.24, 2.45) is 0 Å². The molecule has 140 valence electrons. The molecular weight excluding hydrogens is 354 g/mol. The third kappa shape index (κ3) is 4.33. The number of hydrogen-bond donors (Lipinski definition) is 0. The lowest BCUT2D eigenvalue weighted by atomic mass is 10.2. The molecule has 0 fully saturated rings. The number of benzene rings is 1. The number of pyridine rings is 1. The maximum absolute atomic E-state index is 13.2. The summed E-state index contributed by atoms with van der Waals surface area (Å²) in [6.45, 7) is 4.90. The maximum Gasteiger partial charge on any atom is 0.240 e. The van der Waals surface area contributed by atoms with Crippen molar-refractivity contribution < 1.29 is 4.79 Å². The van der Waals surface area contributed by atoms with E-state index in [1.54, 1.807) is 0 Å². The number of thioether (sulfide) groups is 1.